The zero-order valence-electron chi connectivity index (χ0n) is 10.2. The van der Waals surface area contributed by atoms with E-state index in [4.69, 9.17) is 10.8 Å². The molecule has 1 saturated carbocycles. The highest BCUT2D eigenvalue weighted by Gasteiger charge is 2.40. The first-order chi connectivity index (χ1) is 9.20. The molecule has 0 radical (unpaired) electrons. The number of benzene rings is 1. The van der Waals surface area contributed by atoms with Crippen molar-refractivity contribution in [3.05, 3.63) is 23.5 Å². The van der Waals surface area contributed by atoms with Crippen LogP contribution in [0.5, 0.6) is 0 Å². The summed E-state index contributed by atoms with van der Waals surface area (Å²) in [5.74, 6) is -2.52. The number of carboxylic acids is 1. The molecule has 0 aliphatic heterocycles. The van der Waals surface area contributed by atoms with Crippen LogP contribution in [0.25, 0.3) is 0 Å². The molecule has 1 aromatic carbocycles. The molecule has 3 N–H and O–H groups in total. The Balaban J connectivity index is 2.48. The second-order valence-electron chi connectivity index (χ2n) is 4.63. The molecule has 1 fully saturated rings. The van der Waals surface area contributed by atoms with E-state index in [1.54, 1.807) is 0 Å². The van der Waals surface area contributed by atoms with Crippen molar-refractivity contribution in [3.63, 3.8) is 0 Å². The van der Waals surface area contributed by atoms with E-state index >= 15 is 0 Å². The van der Waals surface area contributed by atoms with Gasteiger partial charge in [-0.05, 0) is 25.0 Å². The summed E-state index contributed by atoms with van der Waals surface area (Å²) in [5.41, 5.74) is 3.87. The summed E-state index contributed by atoms with van der Waals surface area (Å²) in [7, 11) is 0. The Labute approximate surface area is 111 Å². The highest BCUT2D eigenvalue weighted by atomic mass is 19.4. The third-order valence-corrected chi connectivity index (χ3v) is 3.03. The fourth-order valence-electron chi connectivity index (χ4n) is 2.04. The van der Waals surface area contributed by atoms with Crippen molar-refractivity contribution < 1.29 is 27.5 Å². The number of halogens is 4. The van der Waals surface area contributed by atoms with E-state index in [0.29, 0.717) is 12.8 Å². The molecular weight excluding hydrogens is 280 g/mol. The summed E-state index contributed by atoms with van der Waals surface area (Å²) in [5, 5.41) is 9.07. The number of aromatic carboxylic acids is 1. The highest BCUT2D eigenvalue weighted by molar-refractivity contribution is 6.00. The Morgan fingerprint density at radius 1 is 1.40 bits per heavy atom. The van der Waals surface area contributed by atoms with Gasteiger partial charge >= 0.3 is 12.1 Å². The monoisotopic (exact) mass is 292 g/mol. The number of alkyl halides is 3. The molecule has 110 valence electrons. The minimum Gasteiger partial charge on any atom is -0.478 e. The van der Waals surface area contributed by atoms with Gasteiger partial charge in [0.15, 0.2) is 0 Å². The standard InChI is InChI=1S/C12H12F4N2O2/c13-7-3-4-8(9(10(7)17)11(19)20)18(6-1-2-6)5-12(14,15)16/h3-4,6H,1-2,5,17H2,(H,19,20). The molecular formula is C12H12F4N2O2. The van der Waals surface area contributed by atoms with Crippen molar-refractivity contribution in [1.29, 1.82) is 0 Å². The molecule has 0 bridgehead atoms. The lowest BCUT2D eigenvalue weighted by molar-refractivity contribution is -0.120. The van der Waals surface area contributed by atoms with Crippen LogP contribution in [0.1, 0.15) is 23.2 Å². The number of nitrogen functional groups attached to an aromatic ring is 1. The largest absolute Gasteiger partial charge is 0.478 e. The van der Waals surface area contributed by atoms with Gasteiger partial charge in [0, 0.05) is 6.04 Å². The van der Waals surface area contributed by atoms with Gasteiger partial charge in [-0.2, -0.15) is 13.2 Å². The van der Waals surface area contributed by atoms with Crippen LogP contribution in [-0.2, 0) is 0 Å². The number of anilines is 2. The number of nitrogens with two attached hydrogens (primary N) is 1. The number of rotatable bonds is 4. The van der Waals surface area contributed by atoms with E-state index in [2.05, 4.69) is 0 Å². The Hall–Kier alpha value is -1.99. The first-order valence-corrected chi connectivity index (χ1v) is 5.85. The topological polar surface area (TPSA) is 66.6 Å². The first-order valence-electron chi connectivity index (χ1n) is 5.85. The predicted octanol–water partition coefficient (Wildman–Crippen LogP) is 2.64. The van der Waals surface area contributed by atoms with Gasteiger partial charge in [-0.15, -0.1) is 0 Å². The van der Waals surface area contributed by atoms with Gasteiger partial charge in [0.1, 0.15) is 17.9 Å². The van der Waals surface area contributed by atoms with Crippen LogP contribution in [0, 0.1) is 5.82 Å². The van der Waals surface area contributed by atoms with Crippen LogP contribution in [0.4, 0.5) is 28.9 Å². The van der Waals surface area contributed by atoms with E-state index < -0.39 is 35.8 Å². The lowest BCUT2D eigenvalue weighted by atomic mass is 10.1. The molecule has 0 heterocycles. The maximum absolute atomic E-state index is 13.3. The Morgan fingerprint density at radius 2 is 2.00 bits per heavy atom. The number of hydrogen-bond acceptors (Lipinski definition) is 3. The lowest BCUT2D eigenvalue weighted by Crippen LogP contribution is -2.37. The Morgan fingerprint density at radius 3 is 2.45 bits per heavy atom. The molecule has 20 heavy (non-hydrogen) atoms. The van der Waals surface area contributed by atoms with E-state index in [1.165, 1.54) is 0 Å². The van der Waals surface area contributed by atoms with E-state index in [0.717, 1.165) is 17.0 Å². The second-order valence-corrected chi connectivity index (χ2v) is 4.63. The second kappa shape index (κ2) is 4.84. The number of carboxylic acid groups (broad SMARTS) is 1. The Bertz CT molecular complexity index is 541. The van der Waals surface area contributed by atoms with Crippen LogP contribution < -0.4 is 10.6 Å². The first kappa shape index (κ1) is 14.4. The molecule has 0 unspecified atom stereocenters. The van der Waals surface area contributed by atoms with Gasteiger partial charge in [0.25, 0.3) is 0 Å². The van der Waals surface area contributed by atoms with Crippen LogP contribution in [0.2, 0.25) is 0 Å². The number of hydrogen-bond donors (Lipinski definition) is 2. The molecule has 2 rings (SSSR count). The minimum absolute atomic E-state index is 0.198. The average molecular weight is 292 g/mol. The average Bonchev–Trinajstić information content (AvgIpc) is 3.12. The summed E-state index contributed by atoms with van der Waals surface area (Å²) < 4.78 is 51.1. The van der Waals surface area contributed by atoms with E-state index in [-0.39, 0.29) is 11.7 Å². The van der Waals surface area contributed by atoms with Gasteiger partial charge in [-0.3, -0.25) is 0 Å². The fraction of sp³-hybridized carbons (Fsp3) is 0.417. The summed E-state index contributed by atoms with van der Waals surface area (Å²) in [4.78, 5) is 12.1. The van der Waals surface area contributed by atoms with E-state index in [9.17, 15) is 22.4 Å². The normalized spacial score (nSPS) is 15.2. The van der Waals surface area contributed by atoms with Gasteiger partial charge < -0.3 is 15.7 Å². The zero-order valence-corrected chi connectivity index (χ0v) is 10.2. The zero-order chi connectivity index (χ0) is 15.1. The van der Waals surface area contributed by atoms with E-state index in [1.807, 2.05) is 0 Å². The predicted molar refractivity (Wildman–Crippen MR) is 64.2 cm³/mol. The van der Waals surface area contributed by atoms with Crippen LogP contribution in [0.3, 0.4) is 0 Å². The lowest BCUT2D eigenvalue weighted by Gasteiger charge is -2.27. The Kier molecular flexibility index (Phi) is 3.49. The smallest absolute Gasteiger partial charge is 0.405 e. The molecule has 1 aliphatic carbocycles. The third-order valence-electron chi connectivity index (χ3n) is 3.03. The number of nitrogens with zero attached hydrogens (tertiary/aromatic N) is 1. The molecule has 0 amide bonds. The molecule has 4 nitrogen and oxygen atoms in total. The van der Waals surface area contributed by atoms with Crippen LogP contribution in [-0.4, -0.2) is 29.8 Å². The molecule has 0 spiro atoms. The van der Waals surface area contributed by atoms with Gasteiger partial charge in [-0.25, -0.2) is 9.18 Å². The molecule has 1 aromatic rings. The molecule has 1 aliphatic rings. The van der Waals surface area contributed by atoms with Crippen molar-refractivity contribution in [2.75, 3.05) is 17.2 Å². The van der Waals surface area contributed by atoms with Crippen LogP contribution >= 0.6 is 0 Å². The van der Waals surface area contributed by atoms with Crippen LogP contribution in [0.15, 0.2) is 12.1 Å². The highest BCUT2D eigenvalue weighted by Crippen LogP contribution is 2.38. The SMILES string of the molecule is Nc1c(F)ccc(N(CC(F)(F)F)C2CC2)c1C(=O)O. The molecule has 0 atom stereocenters. The fourth-order valence-corrected chi connectivity index (χ4v) is 2.04. The number of carbonyl (C=O) groups is 1. The van der Waals surface area contributed by atoms with Crippen molar-refractivity contribution in [3.8, 4) is 0 Å². The summed E-state index contributed by atoms with van der Waals surface area (Å²) in [6.45, 7) is -1.29. The van der Waals surface area contributed by atoms with Gasteiger partial charge in [-0.1, -0.05) is 0 Å². The van der Waals surface area contributed by atoms with Crippen molar-refractivity contribution in [2.24, 2.45) is 0 Å². The molecule has 8 heteroatoms. The minimum atomic E-state index is -4.48. The van der Waals surface area contributed by atoms with Gasteiger partial charge in [0.05, 0.1) is 11.4 Å². The molecule has 0 aromatic heterocycles. The van der Waals surface area contributed by atoms with Crippen molar-refractivity contribution >= 4 is 17.3 Å². The van der Waals surface area contributed by atoms with Crippen molar-refractivity contribution in [1.82, 2.24) is 0 Å². The van der Waals surface area contributed by atoms with Gasteiger partial charge in [0.2, 0.25) is 0 Å². The molecule has 0 saturated heterocycles. The summed E-state index contributed by atoms with van der Waals surface area (Å²) in [6.07, 6.45) is -3.42. The maximum atomic E-state index is 13.3. The maximum Gasteiger partial charge on any atom is 0.405 e. The summed E-state index contributed by atoms with van der Waals surface area (Å²) >= 11 is 0. The quantitative estimate of drug-likeness (QED) is 0.661. The summed E-state index contributed by atoms with van der Waals surface area (Å²) in [6, 6.07) is 1.52. The third kappa shape index (κ3) is 2.94. The van der Waals surface area contributed by atoms with Crippen molar-refractivity contribution in [2.45, 2.75) is 25.1 Å².